The number of hydrogen-bond acceptors (Lipinski definition) is 7. The molecule has 39 heavy (non-hydrogen) atoms. The summed E-state index contributed by atoms with van der Waals surface area (Å²) in [6, 6.07) is 3.17. The lowest BCUT2D eigenvalue weighted by Crippen LogP contribution is -2.47. The van der Waals surface area contributed by atoms with Crippen molar-refractivity contribution in [2.45, 2.75) is 44.6 Å². The van der Waals surface area contributed by atoms with E-state index in [0.29, 0.717) is 69.7 Å². The van der Waals surface area contributed by atoms with Gasteiger partial charge >= 0.3 is 0 Å². The Hall–Kier alpha value is -3.80. The van der Waals surface area contributed by atoms with Gasteiger partial charge in [0.2, 0.25) is 11.8 Å². The van der Waals surface area contributed by atoms with Crippen LogP contribution in [-0.2, 0) is 34.2 Å². The zero-order valence-electron chi connectivity index (χ0n) is 22.6. The first-order chi connectivity index (χ1) is 18.9. The number of aryl methyl sites for hydroxylation is 1. The van der Waals surface area contributed by atoms with Gasteiger partial charge < -0.3 is 25.2 Å². The predicted octanol–water partition coefficient (Wildman–Crippen LogP) is 0.320. The summed E-state index contributed by atoms with van der Waals surface area (Å²) in [5.41, 5.74) is 2.71. The number of amides is 4. The smallest absolute Gasteiger partial charge is 0.272 e. The molecular weight excluding hydrogens is 502 g/mol. The van der Waals surface area contributed by atoms with Gasteiger partial charge in [0.25, 0.3) is 11.8 Å². The molecule has 1 unspecified atom stereocenters. The summed E-state index contributed by atoms with van der Waals surface area (Å²) in [6.07, 6.45) is 6.23. The van der Waals surface area contributed by atoms with Gasteiger partial charge in [-0.3, -0.25) is 28.8 Å². The molecule has 1 atom stereocenters. The number of nitrogens with zero attached hydrogens (tertiary/aromatic N) is 5. The van der Waals surface area contributed by atoms with Gasteiger partial charge in [-0.05, 0) is 44.2 Å². The summed E-state index contributed by atoms with van der Waals surface area (Å²) in [7, 11) is 3.38. The predicted molar refractivity (Wildman–Crippen MR) is 142 cm³/mol. The quantitative estimate of drug-likeness (QED) is 0.571. The number of carbonyl (C=O) groups excluding carboxylic acids is 4. The number of ether oxygens (including phenoxy) is 1. The minimum Gasteiger partial charge on any atom is -0.383 e. The second-order valence-electron chi connectivity index (χ2n) is 9.95. The molecule has 2 bridgehead atoms. The third-order valence-corrected chi connectivity index (χ3v) is 7.21. The Kier molecular flexibility index (Phi) is 9.64. The molecule has 4 rings (SSSR count). The van der Waals surface area contributed by atoms with Crippen molar-refractivity contribution < 1.29 is 23.9 Å². The number of aromatic nitrogens is 3. The molecule has 0 saturated heterocycles. The van der Waals surface area contributed by atoms with E-state index in [1.807, 2.05) is 7.05 Å². The Morgan fingerprint density at radius 2 is 1.90 bits per heavy atom. The van der Waals surface area contributed by atoms with E-state index in [1.165, 1.54) is 4.90 Å². The highest BCUT2D eigenvalue weighted by Crippen LogP contribution is 2.24. The molecule has 3 heterocycles. The van der Waals surface area contributed by atoms with E-state index < -0.39 is 0 Å². The second-order valence-corrected chi connectivity index (χ2v) is 9.95. The molecule has 12 heteroatoms. The van der Waals surface area contributed by atoms with Crippen molar-refractivity contribution in [1.82, 2.24) is 35.2 Å². The minimum atomic E-state index is -0.261. The molecule has 210 valence electrons. The van der Waals surface area contributed by atoms with E-state index in [4.69, 9.17) is 4.74 Å². The van der Waals surface area contributed by atoms with Gasteiger partial charge in [-0.15, -0.1) is 0 Å². The Morgan fingerprint density at radius 1 is 1.13 bits per heavy atom. The van der Waals surface area contributed by atoms with E-state index >= 15 is 0 Å². The van der Waals surface area contributed by atoms with Crippen LogP contribution in [0.5, 0.6) is 0 Å². The monoisotopic (exact) mass is 539 g/mol. The Morgan fingerprint density at radius 3 is 2.67 bits per heavy atom. The summed E-state index contributed by atoms with van der Waals surface area (Å²) in [4.78, 5) is 59.5. The number of fused-ring (bicyclic) bond motifs is 1. The summed E-state index contributed by atoms with van der Waals surface area (Å²) in [5.74, 6) is -0.833. The molecule has 2 aliphatic rings. The minimum absolute atomic E-state index is 0.0778. The zero-order chi connectivity index (χ0) is 27.8. The van der Waals surface area contributed by atoms with Gasteiger partial charge in [-0.1, -0.05) is 0 Å². The molecule has 2 aromatic heterocycles. The largest absolute Gasteiger partial charge is 0.383 e. The van der Waals surface area contributed by atoms with E-state index in [0.717, 1.165) is 17.7 Å². The van der Waals surface area contributed by atoms with Crippen molar-refractivity contribution in [2.75, 3.05) is 46.4 Å². The zero-order valence-corrected chi connectivity index (χ0v) is 22.6. The van der Waals surface area contributed by atoms with Crippen LogP contribution in [0.2, 0.25) is 0 Å². The van der Waals surface area contributed by atoms with Crippen molar-refractivity contribution in [3.8, 4) is 0 Å². The van der Waals surface area contributed by atoms with Crippen LogP contribution in [0.25, 0.3) is 0 Å². The van der Waals surface area contributed by atoms with E-state index in [-0.39, 0.29) is 42.6 Å². The summed E-state index contributed by atoms with van der Waals surface area (Å²) >= 11 is 0. The fourth-order valence-electron chi connectivity index (χ4n) is 5.16. The molecular formula is C27H37N7O5. The molecule has 4 amide bonds. The molecule has 0 spiro atoms. The van der Waals surface area contributed by atoms with Crippen LogP contribution >= 0.6 is 0 Å². The van der Waals surface area contributed by atoms with E-state index in [9.17, 15) is 19.2 Å². The normalized spacial score (nSPS) is 19.6. The van der Waals surface area contributed by atoms with Crippen LogP contribution in [-0.4, -0.2) is 101 Å². The molecule has 0 fully saturated rings. The highest BCUT2D eigenvalue weighted by atomic mass is 16.5. The number of hydrogen-bond donors (Lipinski definition) is 2. The highest BCUT2D eigenvalue weighted by Gasteiger charge is 2.30. The molecule has 12 nitrogen and oxygen atoms in total. The first-order valence-corrected chi connectivity index (χ1v) is 13.5. The van der Waals surface area contributed by atoms with Crippen molar-refractivity contribution in [3.63, 3.8) is 0 Å². The van der Waals surface area contributed by atoms with Crippen LogP contribution in [0, 0.1) is 0 Å². The molecule has 0 aromatic carbocycles. The summed E-state index contributed by atoms with van der Waals surface area (Å²) in [5, 5.41) is 10.5. The van der Waals surface area contributed by atoms with Crippen LogP contribution < -0.4 is 10.6 Å². The maximum absolute atomic E-state index is 13.2. The van der Waals surface area contributed by atoms with Crippen molar-refractivity contribution in [1.29, 1.82) is 0 Å². The fraction of sp³-hybridized carbons (Fsp3) is 0.556. The Balaban J connectivity index is 1.55. The Labute approximate surface area is 228 Å². The molecule has 2 aromatic rings. The van der Waals surface area contributed by atoms with Gasteiger partial charge in [0.05, 0.1) is 13.2 Å². The number of methoxy groups -OCH3 is 1. The number of carbonyl (C=O) groups is 4. The molecule has 0 saturated carbocycles. The summed E-state index contributed by atoms with van der Waals surface area (Å²) in [6.45, 7) is 1.67. The average molecular weight is 540 g/mol. The Bertz CT molecular complexity index is 1180. The van der Waals surface area contributed by atoms with Gasteiger partial charge in [-0.25, -0.2) is 0 Å². The lowest BCUT2D eigenvalue weighted by Gasteiger charge is -2.27. The van der Waals surface area contributed by atoms with Crippen molar-refractivity contribution >= 4 is 23.6 Å². The maximum atomic E-state index is 13.2. The first-order valence-electron chi connectivity index (χ1n) is 13.5. The van der Waals surface area contributed by atoms with Gasteiger partial charge in [0.1, 0.15) is 0 Å². The maximum Gasteiger partial charge on any atom is 0.272 e. The first kappa shape index (κ1) is 28.2. The van der Waals surface area contributed by atoms with E-state index in [2.05, 4.69) is 20.7 Å². The van der Waals surface area contributed by atoms with Crippen molar-refractivity contribution in [3.05, 3.63) is 47.0 Å². The summed E-state index contributed by atoms with van der Waals surface area (Å²) < 4.78 is 6.90. The van der Waals surface area contributed by atoms with Crippen LogP contribution in [0.3, 0.4) is 0 Å². The lowest BCUT2D eigenvalue weighted by molar-refractivity contribution is -0.137. The highest BCUT2D eigenvalue weighted by molar-refractivity contribution is 5.95. The van der Waals surface area contributed by atoms with Crippen LogP contribution in [0.4, 0.5) is 0 Å². The topological polar surface area (TPSA) is 139 Å². The molecule has 0 radical (unpaired) electrons. The molecule has 1 aliphatic carbocycles. The van der Waals surface area contributed by atoms with E-state index in [1.54, 1.807) is 41.2 Å². The van der Waals surface area contributed by atoms with Crippen LogP contribution in [0.15, 0.2) is 24.5 Å². The lowest BCUT2D eigenvalue weighted by atomic mass is 9.91. The third-order valence-electron chi connectivity index (χ3n) is 7.21. The third kappa shape index (κ3) is 7.20. The van der Waals surface area contributed by atoms with Crippen LogP contribution in [0.1, 0.15) is 57.8 Å². The standard InChI is InChI=1S/C27H37N7O5/c1-32-22-7-6-20-17-21(22)25(31-32)26(37)29-10-4-14-33(27(38)19-8-11-28-12-9-19)13-3-5-24(36)34(15-16-39-2)18-23(35)30-20/h8-9,11-12,20H,3-7,10,13-18H2,1-2H3,(H,29,37)(H,30,35). The fourth-order valence-corrected chi connectivity index (χ4v) is 5.16. The number of rotatable bonds is 4. The SMILES string of the molecule is COCCN1CC(=O)NC2CCc3c(c(nn3C)C(=O)NCCCN(C(=O)c3ccncc3)CCCC1=O)C2. The molecule has 2 N–H and O–H groups in total. The van der Waals surface area contributed by atoms with Gasteiger partial charge in [0, 0.05) is 82.0 Å². The number of pyridine rings is 1. The van der Waals surface area contributed by atoms with Gasteiger partial charge in [0.15, 0.2) is 5.69 Å². The van der Waals surface area contributed by atoms with Gasteiger partial charge in [-0.2, -0.15) is 5.10 Å². The second kappa shape index (κ2) is 13.3. The molecule has 1 aliphatic heterocycles. The average Bonchev–Trinajstić information content (AvgIpc) is 3.27. The number of nitrogens with one attached hydrogen (secondary N) is 2. The van der Waals surface area contributed by atoms with Crippen molar-refractivity contribution in [2.24, 2.45) is 7.05 Å².